The first-order valence-electron chi connectivity index (χ1n) is 26.9. The number of aromatic nitrogens is 10. The van der Waals surface area contributed by atoms with Crippen LogP contribution in [0.4, 0.5) is 0 Å². The molecule has 0 spiro atoms. The van der Waals surface area contributed by atoms with Gasteiger partial charge in [0.15, 0.2) is 27.4 Å². The fourth-order valence-electron chi connectivity index (χ4n) is 11.6. The van der Waals surface area contributed by atoms with E-state index in [9.17, 15) is 9.59 Å². The van der Waals surface area contributed by atoms with Gasteiger partial charge in [0.1, 0.15) is 0 Å². The van der Waals surface area contributed by atoms with Gasteiger partial charge in [-0.2, -0.15) is 0 Å². The van der Waals surface area contributed by atoms with Crippen molar-refractivity contribution in [3.05, 3.63) is 251 Å². The number of nitrogens with zero attached hydrogens (tertiary/aromatic N) is 10. The normalized spacial score (nSPS) is 12.0. The fraction of sp³-hybridized carbons (Fsp3) is 0. The average molecular weight is 1100 g/mol. The van der Waals surface area contributed by atoms with Gasteiger partial charge in [-0.05, 0) is 107 Å². The van der Waals surface area contributed by atoms with Crippen LogP contribution in [0.15, 0.2) is 240 Å². The summed E-state index contributed by atoms with van der Waals surface area (Å²) < 4.78 is 7.39. The van der Waals surface area contributed by atoms with Crippen molar-refractivity contribution in [2.45, 2.75) is 0 Å². The third kappa shape index (κ3) is 7.54. The van der Waals surface area contributed by atoms with Crippen LogP contribution < -0.4 is 11.1 Å². The molecule has 0 fully saturated rings. The minimum Gasteiger partial charge on any atom is -0.278 e. The SMILES string of the molecule is O=c1c2ccccc2nc2sc3cc(-c4nc(-c5ccccc5)nc(-c5cccc(-c6ccc7c(c6)sc6nc8ccc(-c9ccc%10c(c9)c9ccccc9n%10-c9nc(-c%10ccccc%10)c%10ccccc%10n9)cc8c(=O)n67)c5)n4)ccc3n12. The van der Waals surface area contributed by atoms with Gasteiger partial charge in [0, 0.05) is 38.4 Å². The molecule has 388 valence electrons. The lowest BCUT2D eigenvalue weighted by Crippen LogP contribution is -2.13. The highest BCUT2D eigenvalue weighted by Crippen LogP contribution is 2.38. The molecule has 0 radical (unpaired) electrons. The number of hydrogen-bond acceptors (Lipinski definition) is 11. The lowest BCUT2D eigenvalue weighted by atomic mass is 10.0. The Morgan fingerprint density at radius 1 is 0.289 bits per heavy atom. The minimum absolute atomic E-state index is 0.0988. The quantitative estimate of drug-likeness (QED) is 0.153. The van der Waals surface area contributed by atoms with E-state index in [1.54, 1.807) is 8.80 Å². The van der Waals surface area contributed by atoms with Crippen molar-refractivity contribution in [3.8, 4) is 73.6 Å². The van der Waals surface area contributed by atoms with Crippen LogP contribution in [0.25, 0.3) is 158 Å². The topological polar surface area (TPSA) is 138 Å². The Bertz CT molecular complexity index is 5710. The first kappa shape index (κ1) is 46.9. The molecule has 12 nitrogen and oxygen atoms in total. The molecule has 14 heteroatoms. The molecular weight excluding hydrogens is 1060 g/mol. The molecule has 0 aliphatic heterocycles. The van der Waals surface area contributed by atoms with Gasteiger partial charge in [0.25, 0.3) is 11.1 Å². The third-order valence-electron chi connectivity index (χ3n) is 15.6. The highest BCUT2D eigenvalue weighted by atomic mass is 32.1. The number of hydrogen-bond donors (Lipinski definition) is 0. The van der Waals surface area contributed by atoms with Crippen molar-refractivity contribution < 1.29 is 0 Å². The van der Waals surface area contributed by atoms with Crippen molar-refractivity contribution in [2.75, 3.05) is 0 Å². The maximum atomic E-state index is 14.8. The van der Waals surface area contributed by atoms with Crippen molar-refractivity contribution >= 4 is 108 Å². The van der Waals surface area contributed by atoms with Gasteiger partial charge in [0.2, 0.25) is 5.95 Å². The molecule has 0 saturated heterocycles. The summed E-state index contributed by atoms with van der Waals surface area (Å²) in [6, 6.07) is 76.8. The first-order chi connectivity index (χ1) is 40.9. The monoisotopic (exact) mass is 1100 g/mol. The van der Waals surface area contributed by atoms with E-state index in [0.29, 0.717) is 55.1 Å². The Morgan fingerprint density at radius 2 is 0.747 bits per heavy atom. The molecule has 17 rings (SSSR count). The van der Waals surface area contributed by atoms with Crippen LogP contribution in [0, 0.1) is 0 Å². The standard InChI is InChI=1S/C69H38N10O2S2/c80-65-49-22-8-11-24-53(49)71-68-78(65)58-33-29-46(38-60(58)83-68)64-75-62(40-16-5-2-6-17-40)74-63(76-64)45-19-13-18-41(34-45)44-28-32-57-59(37-44)82-69-72-54-30-26-42(36-51(54)66(81)79(57)69)43-27-31-56-50(35-43)47-20-9-12-25-55(47)77(56)67-70-52-23-10-7-21-48(52)61(73-67)39-14-3-1-4-15-39/h1-38H. The first-order valence-corrected chi connectivity index (χ1v) is 28.6. The maximum absolute atomic E-state index is 14.8. The number of fused-ring (bicyclic) bond motifs is 12. The van der Waals surface area contributed by atoms with Gasteiger partial charge in [-0.25, -0.2) is 34.9 Å². The summed E-state index contributed by atoms with van der Waals surface area (Å²) in [6.45, 7) is 0. The maximum Gasteiger partial charge on any atom is 0.266 e. The number of para-hydroxylation sites is 3. The Balaban J connectivity index is 0.726. The summed E-state index contributed by atoms with van der Waals surface area (Å²) in [6.07, 6.45) is 0. The van der Waals surface area contributed by atoms with E-state index in [-0.39, 0.29) is 11.1 Å². The van der Waals surface area contributed by atoms with Crippen LogP contribution in [0.2, 0.25) is 0 Å². The zero-order valence-corrected chi connectivity index (χ0v) is 45.2. The smallest absolute Gasteiger partial charge is 0.266 e. The molecule has 0 atom stereocenters. The highest BCUT2D eigenvalue weighted by Gasteiger charge is 2.21. The second-order valence-corrected chi connectivity index (χ2v) is 22.5. The molecule has 0 N–H and O–H groups in total. The van der Waals surface area contributed by atoms with Crippen LogP contribution in [0.3, 0.4) is 0 Å². The lowest BCUT2D eigenvalue weighted by Gasteiger charge is -2.12. The molecule has 0 aliphatic rings. The van der Waals surface area contributed by atoms with E-state index in [2.05, 4.69) is 83.4 Å². The molecule has 0 aliphatic carbocycles. The summed E-state index contributed by atoms with van der Waals surface area (Å²) in [5.41, 5.74) is 13.7. The van der Waals surface area contributed by atoms with Gasteiger partial charge in [0.05, 0.1) is 64.5 Å². The number of rotatable bonds is 7. The molecule has 0 saturated carbocycles. The van der Waals surface area contributed by atoms with Crippen LogP contribution >= 0.6 is 22.7 Å². The van der Waals surface area contributed by atoms with Crippen molar-refractivity contribution in [2.24, 2.45) is 0 Å². The Hall–Kier alpha value is -10.9. The largest absolute Gasteiger partial charge is 0.278 e. The molecular formula is C69H38N10O2S2. The van der Waals surface area contributed by atoms with E-state index in [1.165, 1.54) is 22.7 Å². The van der Waals surface area contributed by atoms with Crippen LogP contribution in [-0.2, 0) is 0 Å². The number of benzene rings is 10. The molecule has 83 heavy (non-hydrogen) atoms. The zero-order valence-electron chi connectivity index (χ0n) is 43.5. The van der Waals surface area contributed by atoms with Crippen LogP contribution in [0.5, 0.6) is 0 Å². The predicted molar refractivity (Wildman–Crippen MR) is 336 cm³/mol. The van der Waals surface area contributed by atoms with Gasteiger partial charge in [-0.15, -0.1) is 0 Å². The van der Waals surface area contributed by atoms with Crippen molar-refractivity contribution in [1.29, 1.82) is 0 Å². The molecule has 10 aromatic carbocycles. The van der Waals surface area contributed by atoms with E-state index < -0.39 is 0 Å². The van der Waals surface area contributed by atoms with E-state index >= 15 is 0 Å². The van der Waals surface area contributed by atoms with E-state index in [1.807, 2.05) is 152 Å². The second-order valence-electron chi connectivity index (χ2n) is 20.5. The second kappa shape index (κ2) is 18.3. The average Bonchev–Trinajstić information content (AvgIpc) is 4.08. The highest BCUT2D eigenvalue weighted by molar-refractivity contribution is 7.24. The molecule has 0 amide bonds. The van der Waals surface area contributed by atoms with Gasteiger partial charge in [-0.3, -0.25) is 23.0 Å². The molecule has 17 aromatic rings. The predicted octanol–water partition coefficient (Wildman–Crippen LogP) is 15.7. The zero-order chi connectivity index (χ0) is 54.9. The minimum atomic E-state index is -0.126. The summed E-state index contributed by atoms with van der Waals surface area (Å²) >= 11 is 2.95. The van der Waals surface area contributed by atoms with Gasteiger partial charge in [-0.1, -0.05) is 168 Å². The Morgan fingerprint density at radius 3 is 1.46 bits per heavy atom. The van der Waals surface area contributed by atoms with Crippen molar-refractivity contribution in [3.63, 3.8) is 0 Å². The summed E-state index contributed by atoms with van der Waals surface area (Å²) in [5, 5.41) is 4.23. The van der Waals surface area contributed by atoms with E-state index in [0.717, 1.165) is 103 Å². The summed E-state index contributed by atoms with van der Waals surface area (Å²) in [5.74, 6) is 2.15. The molecule has 0 unspecified atom stereocenters. The van der Waals surface area contributed by atoms with E-state index in [4.69, 9.17) is 34.9 Å². The van der Waals surface area contributed by atoms with Crippen molar-refractivity contribution in [1.82, 2.24) is 48.3 Å². The van der Waals surface area contributed by atoms with Crippen LogP contribution in [-0.4, -0.2) is 48.3 Å². The summed E-state index contributed by atoms with van der Waals surface area (Å²) in [4.78, 5) is 65.2. The van der Waals surface area contributed by atoms with Crippen LogP contribution in [0.1, 0.15) is 0 Å². The fourth-order valence-corrected chi connectivity index (χ4v) is 13.8. The number of thiazole rings is 2. The van der Waals surface area contributed by atoms with Gasteiger partial charge < -0.3 is 0 Å². The third-order valence-corrected chi connectivity index (χ3v) is 17.6. The Labute approximate surface area is 477 Å². The molecule has 7 aromatic heterocycles. The lowest BCUT2D eigenvalue weighted by molar-refractivity contribution is 1.01. The Kier molecular flexibility index (Phi) is 10.4. The molecule has 7 heterocycles. The summed E-state index contributed by atoms with van der Waals surface area (Å²) in [7, 11) is 0. The molecule has 0 bridgehead atoms. The van der Waals surface area contributed by atoms with Gasteiger partial charge >= 0.3 is 0 Å².